The first-order valence-electron chi connectivity index (χ1n) is 19.2. The summed E-state index contributed by atoms with van der Waals surface area (Å²) >= 11 is 0. The fourth-order valence-electron chi connectivity index (χ4n) is 9.10. The molecular weight excluding hydrogens is 642 g/mol. The molecule has 4 saturated heterocycles. The summed E-state index contributed by atoms with van der Waals surface area (Å²) in [5.74, 6) is -2.62. The molecule has 4 heterocycles. The van der Waals surface area contributed by atoms with Crippen LogP contribution in [-0.4, -0.2) is 142 Å². The number of hydrogen-bond donors (Lipinski definition) is 4. The number of carbonyl (C=O) groups is 1. The average Bonchev–Trinajstić information content (AvgIpc) is 3.10. The van der Waals surface area contributed by atoms with Crippen molar-refractivity contribution in [2.24, 2.45) is 17.8 Å². The van der Waals surface area contributed by atoms with Crippen molar-refractivity contribution in [2.75, 3.05) is 33.7 Å². The largest absolute Gasteiger partial charge is 0.459 e. The van der Waals surface area contributed by atoms with Crippen molar-refractivity contribution in [1.82, 2.24) is 15.1 Å². The van der Waals surface area contributed by atoms with Crippen LogP contribution in [0.15, 0.2) is 0 Å². The topological polar surface area (TPSA) is 142 Å². The monoisotopic (exact) mass is 714 g/mol. The van der Waals surface area contributed by atoms with Crippen LogP contribution in [-0.2, 0) is 28.5 Å². The van der Waals surface area contributed by atoms with Crippen LogP contribution in [0.1, 0.15) is 108 Å². The maximum absolute atomic E-state index is 14.1. The first-order valence-corrected chi connectivity index (χ1v) is 19.2. The van der Waals surface area contributed by atoms with Crippen LogP contribution >= 0.6 is 0 Å². The Morgan fingerprint density at radius 2 is 1.70 bits per heavy atom. The zero-order valence-corrected chi connectivity index (χ0v) is 33.3. The smallest absolute Gasteiger partial charge is 0.311 e. The van der Waals surface area contributed by atoms with E-state index in [0.717, 1.165) is 0 Å². The molecule has 0 aromatic rings. The number of piperidine rings is 1. The summed E-state index contributed by atoms with van der Waals surface area (Å²) in [5, 5.41) is 38.5. The number of likely N-dealkylation sites (N-methyl/N-ethyl adjacent to an activating group) is 2. The Morgan fingerprint density at radius 1 is 1.08 bits per heavy atom. The molecule has 50 heavy (non-hydrogen) atoms. The maximum Gasteiger partial charge on any atom is 0.311 e. The lowest BCUT2D eigenvalue weighted by Gasteiger charge is -2.50. The van der Waals surface area contributed by atoms with Gasteiger partial charge in [-0.05, 0) is 94.7 Å². The highest BCUT2D eigenvalue weighted by molar-refractivity contribution is 5.73. The van der Waals surface area contributed by atoms with Crippen LogP contribution in [0.2, 0.25) is 0 Å². The Labute approximate surface area is 301 Å². The molecule has 0 saturated carbocycles. The molecule has 4 N–H and O–H groups in total. The van der Waals surface area contributed by atoms with E-state index < -0.39 is 77.6 Å². The van der Waals surface area contributed by atoms with Gasteiger partial charge in [0.05, 0.1) is 29.8 Å². The van der Waals surface area contributed by atoms with E-state index in [4.69, 9.17) is 23.7 Å². The van der Waals surface area contributed by atoms with Crippen LogP contribution < -0.4 is 5.32 Å². The highest BCUT2D eigenvalue weighted by atomic mass is 16.7. The Balaban J connectivity index is 1.84. The summed E-state index contributed by atoms with van der Waals surface area (Å²) in [6, 6.07) is -0.640. The lowest BCUT2D eigenvalue weighted by molar-refractivity contribution is -0.329. The SMILES string of the molecule is CC[C@H]1OC(=O)[C@H](C)[C@H]2OC3(CCNCC3)OC(C)(C[C@@H](C)CN(C)[C@H](C)[C@@H](O)[C@]1(C)O)[C@H](O[C@@H]1O[C@H](C)C[C@H](N(C)C(C)(C)C)[C@H]1O)[C@H]2C. The number of rotatable bonds is 4. The van der Waals surface area contributed by atoms with Crippen molar-refractivity contribution in [1.29, 1.82) is 0 Å². The molecule has 14 atom stereocenters. The van der Waals surface area contributed by atoms with Gasteiger partial charge in [0.15, 0.2) is 12.1 Å². The first-order chi connectivity index (χ1) is 23.1. The molecule has 1 spiro atoms. The van der Waals surface area contributed by atoms with Gasteiger partial charge in [-0.2, -0.15) is 0 Å². The summed E-state index contributed by atoms with van der Waals surface area (Å²) in [7, 11) is 3.97. The van der Waals surface area contributed by atoms with Crippen molar-refractivity contribution in [3.63, 3.8) is 0 Å². The summed E-state index contributed by atoms with van der Waals surface area (Å²) in [6.45, 7) is 23.7. The van der Waals surface area contributed by atoms with E-state index >= 15 is 0 Å². The van der Waals surface area contributed by atoms with Gasteiger partial charge in [0.25, 0.3) is 0 Å². The van der Waals surface area contributed by atoms with Crippen LogP contribution in [0.25, 0.3) is 0 Å². The van der Waals surface area contributed by atoms with Gasteiger partial charge in [0.2, 0.25) is 0 Å². The minimum absolute atomic E-state index is 0.0523. The highest BCUT2D eigenvalue weighted by Gasteiger charge is 2.58. The van der Waals surface area contributed by atoms with E-state index in [0.29, 0.717) is 51.7 Å². The predicted molar refractivity (Wildman–Crippen MR) is 191 cm³/mol. The van der Waals surface area contributed by atoms with Gasteiger partial charge in [-0.1, -0.05) is 20.8 Å². The molecule has 12 nitrogen and oxygen atoms in total. The molecule has 0 aliphatic carbocycles. The van der Waals surface area contributed by atoms with E-state index in [2.05, 4.69) is 44.8 Å². The number of carbonyl (C=O) groups excluding carboxylic acids is 1. The Hall–Kier alpha value is -0.930. The number of nitrogens with one attached hydrogen (secondary N) is 1. The van der Waals surface area contributed by atoms with E-state index in [1.807, 2.05) is 46.7 Å². The fraction of sp³-hybridized carbons (Fsp3) is 0.974. The Morgan fingerprint density at radius 3 is 2.28 bits per heavy atom. The number of cyclic esters (lactones) is 1. The minimum Gasteiger partial charge on any atom is -0.459 e. The molecule has 0 aromatic heterocycles. The number of hydrogen-bond acceptors (Lipinski definition) is 12. The Bertz CT molecular complexity index is 1130. The summed E-state index contributed by atoms with van der Waals surface area (Å²) in [5.41, 5.74) is -2.81. The third-order valence-corrected chi connectivity index (χ3v) is 12.4. The van der Waals surface area contributed by atoms with Gasteiger partial charge in [0.1, 0.15) is 23.9 Å². The molecule has 292 valence electrons. The van der Waals surface area contributed by atoms with E-state index in [-0.39, 0.29) is 23.6 Å². The van der Waals surface area contributed by atoms with E-state index in [1.165, 1.54) is 0 Å². The molecule has 4 rings (SSSR count). The predicted octanol–water partition coefficient (Wildman–Crippen LogP) is 3.29. The standard InChI is InChI=1S/C38H71N3O9/c1-14-28-37(11,45)31(43)26(6)40(12)21-22(2)20-36(10)32(48-34-29(42)27(19-23(3)46-34)41(13)35(7,8)9)24(4)30(25(5)33(44)47-28)49-38(50-36)15-17-39-18-16-38/h22-32,34,39,42-43,45H,14-21H2,1-13H3/t22-,23-,24+,25-,26-,27+,28-,29-,30+,31-,32-,34+,36?,37-/m1/s1. The normalized spacial score (nSPS) is 45.9. The highest BCUT2D eigenvalue weighted by Crippen LogP contribution is 2.47. The van der Waals surface area contributed by atoms with Gasteiger partial charge in [-0.15, -0.1) is 0 Å². The average molecular weight is 714 g/mol. The van der Waals surface area contributed by atoms with E-state index in [1.54, 1.807) is 13.8 Å². The molecule has 12 heteroatoms. The van der Waals surface area contributed by atoms with Gasteiger partial charge in [0, 0.05) is 56.0 Å². The molecule has 1 unspecified atom stereocenters. The molecule has 4 aliphatic rings. The van der Waals surface area contributed by atoms with E-state index in [9.17, 15) is 20.1 Å². The molecular formula is C38H71N3O9. The van der Waals surface area contributed by atoms with Crippen molar-refractivity contribution in [3.8, 4) is 0 Å². The molecule has 2 bridgehead atoms. The second kappa shape index (κ2) is 15.8. The van der Waals surface area contributed by atoms with Gasteiger partial charge >= 0.3 is 5.97 Å². The molecule has 0 amide bonds. The first kappa shape index (κ1) is 41.8. The zero-order chi connectivity index (χ0) is 37.6. The number of aliphatic hydroxyl groups is 3. The number of esters is 1. The second-order valence-electron chi connectivity index (χ2n) is 17.7. The van der Waals surface area contributed by atoms with Crippen LogP contribution in [0.3, 0.4) is 0 Å². The Kier molecular flexibility index (Phi) is 13.2. The summed E-state index contributed by atoms with van der Waals surface area (Å²) in [6.07, 6.45) is -2.79. The lowest BCUT2D eigenvalue weighted by atomic mass is 9.78. The van der Waals surface area contributed by atoms with Crippen LogP contribution in [0.5, 0.6) is 0 Å². The van der Waals surface area contributed by atoms with Crippen molar-refractivity contribution in [3.05, 3.63) is 0 Å². The fourth-order valence-corrected chi connectivity index (χ4v) is 9.10. The number of ether oxygens (including phenoxy) is 5. The van der Waals surface area contributed by atoms with Gasteiger partial charge in [-0.25, -0.2) is 0 Å². The third kappa shape index (κ3) is 8.71. The zero-order valence-electron chi connectivity index (χ0n) is 33.3. The lowest BCUT2D eigenvalue weighted by Crippen LogP contribution is -2.62. The molecule has 0 radical (unpaired) electrons. The van der Waals surface area contributed by atoms with Gasteiger partial charge < -0.3 is 49.2 Å². The molecule has 4 aliphatic heterocycles. The second-order valence-corrected chi connectivity index (χ2v) is 17.7. The van der Waals surface area contributed by atoms with Crippen molar-refractivity contribution in [2.45, 2.75) is 186 Å². The minimum atomic E-state index is -1.69. The van der Waals surface area contributed by atoms with Crippen LogP contribution in [0, 0.1) is 17.8 Å². The van der Waals surface area contributed by atoms with Crippen molar-refractivity contribution < 1.29 is 43.8 Å². The summed E-state index contributed by atoms with van der Waals surface area (Å²) < 4.78 is 33.9. The molecule has 0 aromatic carbocycles. The van der Waals surface area contributed by atoms with Crippen LogP contribution in [0.4, 0.5) is 0 Å². The molecule has 4 fully saturated rings. The quantitative estimate of drug-likeness (QED) is 0.318. The summed E-state index contributed by atoms with van der Waals surface area (Å²) in [4.78, 5) is 18.4. The van der Waals surface area contributed by atoms with Gasteiger partial charge in [-0.3, -0.25) is 9.69 Å². The number of nitrogens with zero attached hydrogens (tertiary/aromatic N) is 2. The maximum atomic E-state index is 14.1. The number of fused-ring (bicyclic) bond motifs is 3. The van der Waals surface area contributed by atoms with Crippen molar-refractivity contribution >= 4 is 5.97 Å². The third-order valence-electron chi connectivity index (χ3n) is 12.4. The number of aliphatic hydroxyl groups excluding tert-OH is 2.